The zero-order valence-electron chi connectivity index (χ0n) is 15.7. The number of hydrogen-bond donors (Lipinski definition) is 3. The molecule has 0 amide bonds. The van der Waals surface area contributed by atoms with Crippen LogP contribution in [0.2, 0.25) is 0 Å². The Balaban J connectivity index is 0.00000196. The van der Waals surface area contributed by atoms with E-state index in [0.29, 0.717) is 38.4 Å². The molecule has 0 aliphatic heterocycles. The van der Waals surface area contributed by atoms with Gasteiger partial charge in [-0.15, -0.1) is 24.8 Å². The SMILES string of the molecule is Cc1cccc(OCC2(CNCc3ccc(F)cc3)C[C@@H](O)[C@@H](O)C2)n1.Cl.Cl. The second-order valence-corrected chi connectivity index (χ2v) is 7.18. The molecule has 1 unspecified atom stereocenters. The first kappa shape index (κ1) is 24.6. The van der Waals surface area contributed by atoms with Gasteiger partial charge in [0.2, 0.25) is 5.88 Å². The highest BCUT2D eigenvalue weighted by Crippen LogP contribution is 2.38. The number of rotatable bonds is 7. The number of nitrogens with one attached hydrogen (secondary N) is 1. The summed E-state index contributed by atoms with van der Waals surface area (Å²) in [6.07, 6.45) is -0.597. The standard InChI is InChI=1S/C20H25FN2O3.2ClH/c1-14-3-2-4-19(23-14)26-13-20(9-17(24)18(25)10-20)12-22-11-15-5-7-16(21)8-6-15;;/h2-8,17-18,22,24-25H,9-13H2,1H3;2*1H/t17-,18+,20?;;. The van der Waals surface area contributed by atoms with Crippen molar-refractivity contribution in [3.05, 3.63) is 59.5 Å². The van der Waals surface area contributed by atoms with Crippen LogP contribution in [0.1, 0.15) is 24.1 Å². The summed E-state index contributed by atoms with van der Waals surface area (Å²) in [5.41, 5.74) is 1.46. The molecule has 156 valence electrons. The van der Waals surface area contributed by atoms with Gasteiger partial charge in [0.1, 0.15) is 5.82 Å². The first-order valence-corrected chi connectivity index (χ1v) is 8.84. The molecule has 1 fully saturated rings. The van der Waals surface area contributed by atoms with Gasteiger partial charge in [0.05, 0.1) is 18.8 Å². The third-order valence-corrected chi connectivity index (χ3v) is 4.86. The van der Waals surface area contributed by atoms with Crippen LogP contribution >= 0.6 is 24.8 Å². The van der Waals surface area contributed by atoms with Crippen LogP contribution in [0.15, 0.2) is 42.5 Å². The van der Waals surface area contributed by atoms with E-state index >= 15 is 0 Å². The minimum atomic E-state index is -0.753. The molecule has 1 saturated carbocycles. The molecule has 1 aromatic heterocycles. The van der Waals surface area contributed by atoms with E-state index in [9.17, 15) is 14.6 Å². The molecular weight excluding hydrogens is 406 g/mol. The van der Waals surface area contributed by atoms with Crippen molar-refractivity contribution in [2.45, 2.75) is 38.5 Å². The number of hydrogen-bond acceptors (Lipinski definition) is 5. The normalized spacial score (nSPS) is 23.6. The van der Waals surface area contributed by atoms with E-state index < -0.39 is 12.2 Å². The van der Waals surface area contributed by atoms with Gasteiger partial charge < -0.3 is 20.3 Å². The maximum Gasteiger partial charge on any atom is 0.213 e. The predicted molar refractivity (Wildman–Crippen MR) is 111 cm³/mol. The van der Waals surface area contributed by atoms with E-state index in [1.165, 1.54) is 12.1 Å². The largest absolute Gasteiger partial charge is 0.477 e. The number of aliphatic hydroxyl groups excluding tert-OH is 2. The van der Waals surface area contributed by atoms with E-state index in [1.54, 1.807) is 18.2 Å². The molecule has 0 spiro atoms. The van der Waals surface area contributed by atoms with E-state index in [0.717, 1.165) is 11.3 Å². The summed E-state index contributed by atoms with van der Waals surface area (Å²) >= 11 is 0. The summed E-state index contributed by atoms with van der Waals surface area (Å²) < 4.78 is 18.9. The minimum Gasteiger partial charge on any atom is -0.477 e. The number of ether oxygens (including phenoxy) is 1. The van der Waals surface area contributed by atoms with Gasteiger partial charge >= 0.3 is 0 Å². The van der Waals surface area contributed by atoms with Crippen LogP contribution in [0.25, 0.3) is 0 Å². The number of halogens is 3. The highest BCUT2D eigenvalue weighted by Gasteiger charge is 2.44. The van der Waals surface area contributed by atoms with Gasteiger partial charge in [-0.3, -0.25) is 0 Å². The van der Waals surface area contributed by atoms with E-state index in [-0.39, 0.29) is 36.0 Å². The maximum absolute atomic E-state index is 13.0. The number of aromatic nitrogens is 1. The van der Waals surface area contributed by atoms with Crippen molar-refractivity contribution in [1.82, 2.24) is 10.3 Å². The Morgan fingerprint density at radius 3 is 2.36 bits per heavy atom. The molecular formula is C20H27Cl2FN2O3. The second kappa shape index (κ2) is 10.9. The van der Waals surface area contributed by atoms with Crippen molar-refractivity contribution in [3.8, 4) is 5.88 Å². The molecule has 5 nitrogen and oxygen atoms in total. The van der Waals surface area contributed by atoms with E-state index in [2.05, 4.69) is 10.3 Å². The highest BCUT2D eigenvalue weighted by atomic mass is 35.5. The molecule has 28 heavy (non-hydrogen) atoms. The molecule has 0 radical (unpaired) electrons. The molecule has 1 aromatic carbocycles. The van der Waals surface area contributed by atoms with Crippen LogP contribution in [0.4, 0.5) is 4.39 Å². The molecule has 3 rings (SSSR count). The van der Waals surface area contributed by atoms with Crippen LogP contribution in [-0.2, 0) is 6.54 Å². The third kappa shape index (κ3) is 6.57. The number of aliphatic hydroxyl groups is 2. The molecule has 1 aliphatic carbocycles. The third-order valence-electron chi connectivity index (χ3n) is 4.86. The summed E-state index contributed by atoms with van der Waals surface area (Å²) in [4.78, 5) is 4.34. The Bertz CT molecular complexity index is 724. The average Bonchev–Trinajstić information content (AvgIpc) is 2.90. The van der Waals surface area contributed by atoms with Crippen LogP contribution in [-0.4, -0.2) is 40.6 Å². The number of benzene rings is 1. The van der Waals surface area contributed by atoms with Gasteiger partial charge in [-0.25, -0.2) is 9.37 Å². The Morgan fingerprint density at radius 2 is 1.75 bits per heavy atom. The lowest BCUT2D eigenvalue weighted by Gasteiger charge is -2.29. The number of nitrogens with zero attached hydrogens (tertiary/aromatic N) is 1. The minimum absolute atomic E-state index is 0. The van der Waals surface area contributed by atoms with Crippen molar-refractivity contribution in [3.63, 3.8) is 0 Å². The van der Waals surface area contributed by atoms with Crippen molar-refractivity contribution in [2.24, 2.45) is 5.41 Å². The zero-order chi connectivity index (χ0) is 18.6. The number of aryl methyl sites for hydroxylation is 1. The first-order chi connectivity index (χ1) is 12.5. The van der Waals surface area contributed by atoms with Gasteiger partial charge in [0.15, 0.2) is 0 Å². The van der Waals surface area contributed by atoms with Crippen molar-refractivity contribution in [1.29, 1.82) is 0 Å². The smallest absolute Gasteiger partial charge is 0.213 e. The van der Waals surface area contributed by atoms with Crippen molar-refractivity contribution in [2.75, 3.05) is 13.2 Å². The monoisotopic (exact) mass is 432 g/mol. The fraction of sp³-hybridized carbons (Fsp3) is 0.450. The van der Waals surface area contributed by atoms with Crippen molar-refractivity contribution < 1.29 is 19.3 Å². The Kier molecular flexibility index (Phi) is 9.60. The molecule has 2 aromatic rings. The zero-order valence-corrected chi connectivity index (χ0v) is 17.3. The Hall–Kier alpha value is -1.44. The highest BCUT2D eigenvalue weighted by molar-refractivity contribution is 5.85. The topological polar surface area (TPSA) is 74.6 Å². The molecule has 0 saturated heterocycles. The van der Waals surface area contributed by atoms with Gasteiger partial charge in [-0.05, 0) is 43.5 Å². The molecule has 8 heteroatoms. The molecule has 1 aliphatic rings. The molecule has 1 heterocycles. The predicted octanol–water partition coefficient (Wildman–Crippen LogP) is 3.04. The van der Waals surface area contributed by atoms with Crippen molar-refractivity contribution >= 4 is 24.8 Å². The van der Waals surface area contributed by atoms with E-state index in [1.807, 2.05) is 19.1 Å². The summed E-state index contributed by atoms with van der Waals surface area (Å²) in [6.45, 7) is 3.41. The Labute approximate surface area is 177 Å². The Morgan fingerprint density at radius 1 is 1.11 bits per heavy atom. The summed E-state index contributed by atoms with van der Waals surface area (Å²) in [7, 11) is 0. The lowest BCUT2D eigenvalue weighted by Crippen LogP contribution is -2.38. The second-order valence-electron chi connectivity index (χ2n) is 7.18. The lowest BCUT2D eigenvalue weighted by atomic mass is 9.86. The van der Waals surface area contributed by atoms with Crippen LogP contribution in [0, 0.1) is 18.2 Å². The first-order valence-electron chi connectivity index (χ1n) is 8.84. The maximum atomic E-state index is 13.0. The van der Waals surface area contributed by atoms with Crippen LogP contribution in [0.5, 0.6) is 5.88 Å². The fourth-order valence-corrected chi connectivity index (χ4v) is 3.46. The average molecular weight is 433 g/mol. The van der Waals surface area contributed by atoms with Crippen LogP contribution in [0.3, 0.4) is 0 Å². The number of pyridine rings is 1. The molecule has 3 N–H and O–H groups in total. The lowest BCUT2D eigenvalue weighted by molar-refractivity contribution is 0.0438. The van der Waals surface area contributed by atoms with Gasteiger partial charge in [0.25, 0.3) is 0 Å². The van der Waals surface area contributed by atoms with Gasteiger partial charge in [-0.2, -0.15) is 0 Å². The summed E-state index contributed by atoms with van der Waals surface area (Å²) in [5.74, 6) is 0.283. The van der Waals surface area contributed by atoms with Gasteiger partial charge in [0, 0.05) is 30.3 Å². The van der Waals surface area contributed by atoms with Gasteiger partial charge in [-0.1, -0.05) is 18.2 Å². The summed E-state index contributed by atoms with van der Waals surface area (Å²) in [5, 5.41) is 23.4. The summed E-state index contributed by atoms with van der Waals surface area (Å²) in [6, 6.07) is 11.9. The fourth-order valence-electron chi connectivity index (χ4n) is 3.46. The molecule has 3 atom stereocenters. The van der Waals surface area contributed by atoms with Crippen LogP contribution < -0.4 is 10.1 Å². The quantitative estimate of drug-likeness (QED) is 0.626. The van der Waals surface area contributed by atoms with E-state index in [4.69, 9.17) is 4.74 Å². The molecule has 0 bridgehead atoms.